The first-order valence-electron chi connectivity index (χ1n) is 7.10. The van der Waals surface area contributed by atoms with Gasteiger partial charge in [-0.15, -0.1) is 0 Å². The van der Waals surface area contributed by atoms with E-state index >= 15 is 0 Å². The van der Waals surface area contributed by atoms with E-state index in [1.165, 1.54) is 6.92 Å². The zero-order chi connectivity index (χ0) is 16.7. The van der Waals surface area contributed by atoms with Gasteiger partial charge >= 0.3 is 11.9 Å². The Morgan fingerprint density at radius 3 is 2.35 bits per heavy atom. The third-order valence-corrected chi connectivity index (χ3v) is 2.99. The molecule has 0 saturated heterocycles. The molecule has 1 amide bonds. The lowest BCUT2D eigenvalue weighted by Gasteiger charge is -2.04. The fourth-order valence-corrected chi connectivity index (χ4v) is 1.88. The SMILES string of the molecule is CC(=O)Oc1ccc(/C(C)=N\NC(=O)C[n+]2ccccc2)cc1. The lowest BCUT2D eigenvalue weighted by molar-refractivity contribution is -0.684. The van der Waals surface area contributed by atoms with Crippen LogP contribution in [0.15, 0.2) is 60.0 Å². The first-order chi connectivity index (χ1) is 11.0. The summed E-state index contributed by atoms with van der Waals surface area (Å²) in [4.78, 5) is 22.7. The van der Waals surface area contributed by atoms with Crippen LogP contribution in [0.25, 0.3) is 0 Å². The van der Waals surface area contributed by atoms with Crippen LogP contribution in [-0.4, -0.2) is 17.6 Å². The molecule has 0 spiro atoms. The first kappa shape index (κ1) is 16.4. The van der Waals surface area contributed by atoms with E-state index in [0.29, 0.717) is 11.5 Å². The predicted molar refractivity (Wildman–Crippen MR) is 84.7 cm³/mol. The number of amides is 1. The summed E-state index contributed by atoms with van der Waals surface area (Å²) in [6.07, 6.45) is 3.62. The normalized spacial score (nSPS) is 11.0. The number of pyridine rings is 1. The molecule has 6 nitrogen and oxygen atoms in total. The molecule has 2 rings (SSSR count). The highest BCUT2D eigenvalue weighted by molar-refractivity contribution is 5.99. The van der Waals surface area contributed by atoms with Gasteiger partial charge in [0.15, 0.2) is 12.4 Å². The van der Waals surface area contributed by atoms with Gasteiger partial charge in [-0.25, -0.2) is 5.43 Å². The standard InChI is InChI=1S/C17H17N3O3/c1-13(15-6-8-16(9-7-15)23-14(2)21)18-19-17(22)12-20-10-4-3-5-11-20/h3-11H,12H2,1-2H3/p+1/b18-13-. The van der Waals surface area contributed by atoms with E-state index in [1.54, 1.807) is 35.8 Å². The molecule has 0 radical (unpaired) electrons. The monoisotopic (exact) mass is 312 g/mol. The van der Waals surface area contributed by atoms with Crippen LogP contribution in [-0.2, 0) is 16.1 Å². The number of esters is 1. The molecule has 1 aromatic heterocycles. The van der Waals surface area contributed by atoms with Crippen molar-refractivity contribution < 1.29 is 18.9 Å². The molecule has 0 saturated carbocycles. The van der Waals surface area contributed by atoms with Gasteiger partial charge in [0.05, 0.1) is 5.71 Å². The lowest BCUT2D eigenvalue weighted by Crippen LogP contribution is -2.41. The molecule has 0 aliphatic heterocycles. The van der Waals surface area contributed by atoms with Crippen LogP contribution < -0.4 is 14.7 Å². The summed E-state index contributed by atoms with van der Waals surface area (Å²) in [5.41, 5.74) is 4.00. The molecule has 0 aliphatic carbocycles. The highest BCUT2D eigenvalue weighted by Gasteiger charge is 2.07. The summed E-state index contributed by atoms with van der Waals surface area (Å²) in [6.45, 7) is 3.33. The molecule has 0 unspecified atom stereocenters. The van der Waals surface area contributed by atoms with E-state index in [0.717, 1.165) is 5.56 Å². The average Bonchev–Trinajstić information content (AvgIpc) is 2.54. The van der Waals surface area contributed by atoms with Gasteiger partial charge in [0.2, 0.25) is 6.54 Å². The maximum Gasteiger partial charge on any atom is 0.308 e. The summed E-state index contributed by atoms with van der Waals surface area (Å²) in [7, 11) is 0. The fourth-order valence-electron chi connectivity index (χ4n) is 1.88. The van der Waals surface area contributed by atoms with Crippen LogP contribution in [0.3, 0.4) is 0 Å². The Morgan fingerprint density at radius 2 is 1.74 bits per heavy atom. The van der Waals surface area contributed by atoms with E-state index in [4.69, 9.17) is 4.74 Å². The van der Waals surface area contributed by atoms with Gasteiger partial charge in [-0.05, 0) is 36.8 Å². The Kier molecular flexibility index (Phi) is 5.57. The minimum Gasteiger partial charge on any atom is -0.427 e. The molecule has 118 valence electrons. The summed E-state index contributed by atoms with van der Waals surface area (Å²) in [5.74, 6) is -0.107. The Balaban J connectivity index is 1.94. The van der Waals surface area contributed by atoms with Crippen molar-refractivity contribution in [1.29, 1.82) is 0 Å². The molecule has 0 fully saturated rings. The van der Waals surface area contributed by atoms with E-state index in [-0.39, 0.29) is 18.4 Å². The van der Waals surface area contributed by atoms with Crippen LogP contribution in [0.5, 0.6) is 5.75 Å². The van der Waals surface area contributed by atoms with Crippen molar-refractivity contribution in [3.63, 3.8) is 0 Å². The van der Waals surface area contributed by atoms with E-state index in [9.17, 15) is 9.59 Å². The maximum absolute atomic E-state index is 11.8. The first-order valence-corrected chi connectivity index (χ1v) is 7.10. The van der Waals surface area contributed by atoms with Gasteiger partial charge in [-0.2, -0.15) is 9.67 Å². The average molecular weight is 312 g/mol. The number of nitrogens with one attached hydrogen (secondary N) is 1. The molecule has 0 bridgehead atoms. The smallest absolute Gasteiger partial charge is 0.308 e. The number of benzene rings is 1. The second-order valence-electron chi connectivity index (χ2n) is 4.90. The molecule has 6 heteroatoms. The van der Waals surface area contributed by atoms with Crippen molar-refractivity contribution in [2.45, 2.75) is 20.4 Å². The van der Waals surface area contributed by atoms with Crippen molar-refractivity contribution in [1.82, 2.24) is 5.43 Å². The lowest BCUT2D eigenvalue weighted by atomic mass is 10.1. The number of rotatable bonds is 5. The summed E-state index contributed by atoms with van der Waals surface area (Å²) < 4.78 is 6.72. The topological polar surface area (TPSA) is 71.6 Å². The minimum absolute atomic E-state index is 0.197. The zero-order valence-electron chi connectivity index (χ0n) is 13.0. The van der Waals surface area contributed by atoms with E-state index < -0.39 is 0 Å². The van der Waals surface area contributed by atoms with Crippen molar-refractivity contribution in [2.75, 3.05) is 0 Å². The highest BCUT2D eigenvalue weighted by Crippen LogP contribution is 2.12. The number of ether oxygens (including phenoxy) is 1. The number of carbonyl (C=O) groups excluding carboxylic acids is 2. The number of nitrogens with zero attached hydrogens (tertiary/aromatic N) is 2. The van der Waals surface area contributed by atoms with Crippen molar-refractivity contribution >= 4 is 17.6 Å². The fraction of sp³-hybridized carbons (Fsp3) is 0.176. The Hall–Kier alpha value is -3.02. The highest BCUT2D eigenvalue weighted by atomic mass is 16.5. The second-order valence-corrected chi connectivity index (χ2v) is 4.90. The molecule has 0 atom stereocenters. The summed E-state index contributed by atoms with van der Waals surface area (Å²) in [6, 6.07) is 12.5. The Bertz CT molecular complexity index is 710. The summed E-state index contributed by atoms with van der Waals surface area (Å²) in [5, 5.41) is 4.08. The quantitative estimate of drug-likeness (QED) is 0.298. The Morgan fingerprint density at radius 1 is 1.09 bits per heavy atom. The molecular formula is C17H18N3O3+. The predicted octanol–water partition coefficient (Wildman–Crippen LogP) is 1.44. The number of hydrazone groups is 1. The molecule has 0 aliphatic rings. The number of hydrogen-bond donors (Lipinski definition) is 1. The summed E-state index contributed by atoms with van der Waals surface area (Å²) >= 11 is 0. The maximum atomic E-state index is 11.8. The van der Waals surface area contributed by atoms with Crippen LogP contribution in [0, 0.1) is 0 Å². The van der Waals surface area contributed by atoms with Gasteiger partial charge in [0.1, 0.15) is 5.75 Å². The van der Waals surface area contributed by atoms with Crippen molar-refractivity contribution in [2.24, 2.45) is 5.10 Å². The molecule has 23 heavy (non-hydrogen) atoms. The van der Waals surface area contributed by atoms with Gasteiger partial charge in [0, 0.05) is 19.1 Å². The zero-order valence-corrected chi connectivity index (χ0v) is 13.0. The van der Waals surface area contributed by atoms with Crippen LogP contribution >= 0.6 is 0 Å². The van der Waals surface area contributed by atoms with Crippen LogP contribution in [0.2, 0.25) is 0 Å². The third-order valence-electron chi connectivity index (χ3n) is 2.99. The largest absolute Gasteiger partial charge is 0.427 e. The van der Waals surface area contributed by atoms with Gasteiger partial charge in [0.25, 0.3) is 0 Å². The number of hydrogen-bond acceptors (Lipinski definition) is 4. The molecule has 1 N–H and O–H groups in total. The van der Waals surface area contributed by atoms with E-state index in [1.807, 2.05) is 30.6 Å². The van der Waals surface area contributed by atoms with Crippen LogP contribution in [0.4, 0.5) is 0 Å². The Labute approximate surface area is 134 Å². The molecule has 2 aromatic rings. The number of aromatic nitrogens is 1. The third kappa shape index (κ3) is 5.35. The molecule has 1 heterocycles. The van der Waals surface area contributed by atoms with Gasteiger partial charge in [-0.1, -0.05) is 6.07 Å². The van der Waals surface area contributed by atoms with Crippen molar-refractivity contribution in [3.05, 3.63) is 60.4 Å². The van der Waals surface area contributed by atoms with Crippen LogP contribution in [0.1, 0.15) is 19.4 Å². The minimum atomic E-state index is -0.367. The number of carbonyl (C=O) groups is 2. The molecule has 1 aromatic carbocycles. The van der Waals surface area contributed by atoms with Gasteiger partial charge < -0.3 is 4.74 Å². The van der Waals surface area contributed by atoms with Gasteiger partial charge in [-0.3, -0.25) is 9.59 Å². The van der Waals surface area contributed by atoms with Crippen molar-refractivity contribution in [3.8, 4) is 5.75 Å². The molecular weight excluding hydrogens is 294 g/mol. The van der Waals surface area contributed by atoms with E-state index in [2.05, 4.69) is 10.5 Å². The second kappa shape index (κ2) is 7.84.